The number of carbonyl (C=O) groups is 2. The third kappa shape index (κ3) is 8.21. The molecular weight excluding hydrogens is 741 g/mol. The highest BCUT2D eigenvalue weighted by atomic mass is 32.1. The number of rotatable bonds is 13. The van der Waals surface area contributed by atoms with Gasteiger partial charge in [0.2, 0.25) is 23.7 Å². The summed E-state index contributed by atoms with van der Waals surface area (Å²) < 4.78 is 2.11. The number of hydrogen-bond acceptors (Lipinski definition) is 12. The van der Waals surface area contributed by atoms with Gasteiger partial charge in [-0.2, -0.15) is 0 Å². The van der Waals surface area contributed by atoms with Gasteiger partial charge < -0.3 is 20.4 Å². The summed E-state index contributed by atoms with van der Waals surface area (Å²) in [5.74, 6) is 0.223. The van der Waals surface area contributed by atoms with Gasteiger partial charge in [-0.25, -0.2) is 29.9 Å². The van der Waals surface area contributed by atoms with E-state index >= 15 is 0 Å². The average molecular weight is 777 g/mol. The predicted octanol–water partition coefficient (Wildman–Crippen LogP) is 7.53. The first-order chi connectivity index (χ1) is 27.4. The Morgan fingerprint density at radius 2 is 1.00 bits per heavy atom. The van der Waals surface area contributed by atoms with Gasteiger partial charge in [0.05, 0.1) is 42.8 Å². The highest BCUT2D eigenvalue weighted by Gasteiger charge is 2.27. The first-order valence-corrected chi connectivity index (χ1v) is 19.6. The van der Waals surface area contributed by atoms with E-state index in [1.54, 1.807) is 82.1 Å². The number of hydrogen-bond donors (Lipinski definition) is 2. The molecule has 8 rings (SSSR count). The van der Waals surface area contributed by atoms with Gasteiger partial charge in [0.15, 0.2) is 0 Å². The molecule has 4 heterocycles. The number of aromatic nitrogens is 6. The fraction of sp³-hybridized carbons (Fsp3) is 0.143. The van der Waals surface area contributed by atoms with Crippen molar-refractivity contribution in [3.05, 3.63) is 144 Å². The fourth-order valence-electron chi connectivity index (χ4n) is 6.38. The number of benzene rings is 4. The fourth-order valence-corrected chi connectivity index (χ4v) is 7.70. The van der Waals surface area contributed by atoms with Crippen LogP contribution in [-0.4, -0.2) is 67.9 Å². The molecule has 0 unspecified atom stereocenters. The minimum Gasteiger partial charge on any atom is -0.342 e. The lowest BCUT2D eigenvalue weighted by atomic mass is 10.0. The van der Waals surface area contributed by atoms with E-state index in [4.69, 9.17) is 9.97 Å². The molecule has 2 N–H and O–H groups in total. The predicted molar refractivity (Wildman–Crippen MR) is 224 cm³/mol. The van der Waals surface area contributed by atoms with Crippen molar-refractivity contribution in [3.8, 4) is 11.4 Å². The quantitative estimate of drug-likeness (QED) is 0.121. The van der Waals surface area contributed by atoms with Crippen molar-refractivity contribution >= 4 is 78.2 Å². The monoisotopic (exact) mass is 776 g/mol. The van der Waals surface area contributed by atoms with Crippen molar-refractivity contribution in [3.63, 3.8) is 0 Å². The van der Waals surface area contributed by atoms with Gasteiger partial charge in [-0.3, -0.25) is 9.59 Å². The zero-order valence-electron chi connectivity index (χ0n) is 30.5. The maximum absolute atomic E-state index is 14.1. The number of nitrogens with one attached hydrogen (secondary N) is 2. The minimum absolute atomic E-state index is 0.156. The molecule has 0 radical (unpaired) electrons. The Morgan fingerprint density at radius 1 is 0.571 bits per heavy atom. The van der Waals surface area contributed by atoms with E-state index in [0.717, 1.165) is 42.9 Å². The summed E-state index contributed by atoms with van der Waals surface area (Å²) >= 11 is 3.11. The van der Waals surface area contributed by atoms with Crippen molar-refractivity contribution < 1.29 is 9.59 Å². The number of carbonyl (C=O) groups excluding carboxylic acids is 2. The Morgan fingerprint density at radius 3 is 1.43 bits per heavy atom. The van der Waals surface area contributed by atoms with Gasteiger partial charge in [-0.05, 0) is 59.7 Å². The Bertz CT molecular complexity index is 2440. The van der Waals surface area contributed by atoms with Crippen LogP contribution in [0.5, 0.6) is 0 Å². The van der Waals surface area contributed by atoms with Gasteiger partial charge in [0.1, 0.15) is 12.1 Å². The lowest BCUT2D eigenvalue weighted by molar-refractivity contribution is -0.119. The number of thiazole rings is 2. The Labute approximate surface area is 331 Å². The van der Waals surface area contributed by atoms with Crippen LogP contribution in [0.1, 0.15) is 11.1 Å². The van der Waals surface area contributed by atoms with Crippen LogP contribution in [0.4, 0.5) is 23.3 Å². The summed E-state index contributed by atoms with van der Waals surface area (Å²) in [7, 11) is 3.52. The SMILES string of the molecule is CN(C(=O)[C@H](Cc1ccccc1)Nc1nccc(-c2ccnc(N[C@@H](Cc3ccccc3)C(=O)N(C)c3ccc4scnc4c3)n2)n1)c1ccc2scnc2c1. The number of likely N-dealkylation sites (N-methyl/N-ethyl adjacent to an activating group) is 2. The molecular formula is C42H36N10O2S2. The zero-order valence-corrected chi connectivity index (χ0v) is 32.1. The topological polar surface area (TPSA) is 142 Å². The summed E-state index contributed by atoms with van der Waals surface area (Å²) in [5, 5.41) is 6.61. The van der Waals surface area contributed by atoms with Crippen LogP contribution in [0.25, 0.3) is 31.8 Å². The minimum atomic E-state index is -0.690. The second-order valence-electron chi connectivity index (χ2n) is 13.1. The van der Waals surface area contributed by atoms with Crippen LogP contribution in [0, 0.1) is 0 Å². The van der Waals surface area contributed by atoms with E-state index in [2.05, 4.69) is 30.6 Å². The molecule has 8 aromatic rings. The maximum atomic E-state index is 14.1. The van der Waals surface area contributed by atoms with Crippen molar-refractivity contribution in [2.24, 2.45) is 0 Å². The summed E-state index contributed by atoms with van der Waals surface area (Å²) in [4.78, 5) is 58.9. The maximum Gasteiger partial charge on any atom is 0.249 e. The molecule has 0 spiro atoms. The van der Waals surface area contributed by atoms with Gasteiger partial charge in [0, 0.05) is 50.7 Å². The number of amides is 2. The van der Waals surface area contributed by atoms with Crippen LogP contribution >= 0.6 is 22.7 Å². The summed E-state index contributed by atoms with van der Waals surface area (Å²) in [6, 6.07) is 33.4. The van der Waals surface area contributed by atoms with Crippen LogP contribution in [0.3, 0.4) is 0 Å². The third-order valence-corrected chi connectivity index (χ3v) is 11.0. The van der Waals surface area contributed by atoms with Gasteiger partial charge in [-0.1, -0.05) is 60.7 Å². The summed E-state index contributed by atoms with van der Waals surface area (Å²) in [6.45, 7) is 0. The molecule has 0 aliphatic carbocycles. The van der Waals surface area contributed by atoms with Crippen LogP contribution in [0.2, 0.25) is 0 Å². The smallest absolute Gasteiger partial charge is 0.249 e. The Kier molecular flexibility index (Phi) is 10.6. The van der Waals surface area contributed by atoms with Gasteiger partial charge >= 0.3 is 0 Å². The van der Waals surface area contributed by atoms with Gasteiger partial charge in [0.25, 0.3) is 0 Å². The van der Waals surface area contributed by atoms with Crippen LogP contribution in [0.15, 0.2) is 133 Å². The van der Waals surface area contributed by atoms with E-state index in [1.165, 1.54) is 0 Å². The normalized spacial score (nSPS) is 12.2. The van der Waals surface area contributed by atoms with E-state index in [1.807, 2.05) is 97.1 Å². The van der Waals surface area contributed by atoms with Crippen molar-refractivity contribution in [2.75, 3.05) is 34.5 Å². The summed E-state index contributed by atoms with van der Waals surface area (Å²) in [5.41, 5.74) is 9.74. The Balaban J connectivity index is 1.04. The second-order valence-corrected chi connectivity index (χ2v) is 14.9. The molecule has 278 valence electrons. The molecule has 0 aliphatic heterocycles. The van der Waals surface area contributed by atoms with E-state index in [-0.39, 0.29) is 23.7 Å². The summed E-state index contributed by atoms with van der Waals surface area (Å²) in [6.07, 6.45) is 4.06. The number of nitrogens with zero attached hydrogens (tertiary/aromatic N) is 8. The molecule has 2 amide bonds. The number of fused-ring (bicyclic) bond motifs is 2. The average Bonchev–Trinajstić information content (AvgIpc) is 3.92. The molecule has 0 fully saturated rings. The molecule has 2 atom stereocenters. The molecule has 4 aromatic carbocycles. The van der Waals surface area contributed by atoms with E-state index < -0.39 is 12.1 Å². The second kappa shape index (κ2) is 16.4. The van der Waals surface area contributed by atoms with E-state index in [0.29, 0.717) is 24.2 Å². The van der Waals surface area contributed by atoms with E-state index in [9.17, 15) is 9.59 Å². The van der Waals surface area contributed by atoms with Crippen molar-refractivity contribution in [1.82, 2.24) is 29.9 Å². The highest BCUT2D eigenvalue weighted by molar-refractivity contribution is 7.17. The molecule has 0 aliphatic rings. The standard InChI is InChI=1S/C42H36N10O2S2/c1-51(29-13-15-37-33(23-29)45-25-55-37)39(53)35(21-27-9-5-3-6-10-27)49-41-43-19-17-31(47-41)32-18-20-44-42(48-32)50-36(22-28-11-7-4-8-12-28)40(54)52(2)30-14-16-38-34(24-30)46-26-56-38/h3-20,23-26,35-36H,21-22H2,1-2H3,(H,43,47,49)(H,44,48,50)/t35-,36-/m0/s1. The molecule has 0 bridgehead atoms. The lowest BCUT2D eigenvalue weighted by Gasteiger charge is -2.25. The van der Waals surface area contributed by atoms with Crippen LogP contribution < -0.4 is 20.4 Å². The molecule has 0 saturated carbocycles. The van der Waals surface area contributed by atoms with Crippen LogP contribution in [-0.2, 0) is 22.4 Å². The van der Waals surface area contributed by atoms with Crippen molar-refractivity contribution in [1.29, 1.82) is 0 Å². The van der Waals surface area contributed by atoms with Gasteiger partial charge in [-0.15, -0.1) is 22.7 Å². The lowest BCUT2D eigenvalue weighted by Crippen LogP contribution is -2.43. The molecule has 0 saturated heterocycles. The number of anilines is 4. The molecule has 56 heavy (non-hydrogen) atoms. The third-order valence-electron chi connectivity index (χ3n) is 9.41. The highest BCUT2D eigenvalue weighted by Crippen LogP contribution is 2.27. The zero-order chi connectivity index (χ0) is 38.4. The molecule has 14 heteroatoms. The largest absolute Gasteiger partial charge is 0.342 e. The molecule has 4 aromatic heterocycles. The Hall–Kier alpha value is -6.64. The van der Waals surface area contributed by atoms with Crippen molar-refractivity contribution in [2.45, 2.75) is 24.9 Å². The first-order valence-electron chi connectivity index (χ1n) is 17.9. The first kappa shape index (κ1) is 36.3. The molecule has 12 nitrogen and oxygen atoms in total.